The number of hydrogen-bond donors (Lipinski definition) is 1. The van der Waals surface area contributed by atoms with Crippen molar-refractivity contribution in [2.75, 3.05) is 33.4 Å². The van der Waals surface area contributed by atoms with Crippen LogP contribution in [0, 0.1) is 0 Å². The summed E-state index contributed by atoms with van der Waals surface area (Å²) >= 11 is 6.00. The molecule has 0 fully saturated rings. The zero-order valence-corrected chi connectivity index (χ0v) is 18.9. The lowest BCUT2D eigenvalue weighted by molar-refractivity contribution is -0.123. The molecular formula is C21H27ClN2O5S. The van der Waals surface area contributed by atoms with Gasteiger partial charge in [0.25, 0.3) is 5.91 Å². The van der Waals surface area contributed by atoms with Gasteiger partial charge in [-0.15, -0.1) is 0 Å². The predicted molar refractivity (Wildman–Crippen MR) is 117 cm³/mol. The van der Waals surface area contributed by atoms with Crippen LogP contribution in [0.15, 0.2) is 47.4 Å². The Morgan fingerprint density at radius 1 is 1.10 bits per heavy atom. The monoisotopic (exact) mass is 454 g/mol. The maximum absolute atomic E-state index is 12.9. The highest BCUT2D eigenvalue weighted by molar-refractivity contribution is 7.89. The molecule has 30 heavy (non-hydrogen) atoms. The standard InChI is InChI=1S/C21H27ClN2O5S/c1-4-24(5-2)30(26,27)20-14-17(22)8-11-19(20)29-15-21(25)23-13-12-16-6-9-18(28-3)10-7-16/h6-11,14H,4-5,12-13,15H2,1-3H3,(H,23,25). The van der Waals surface area contributed by atoms with E-state index in [1.54, 1.807) is 21.0 Å². The lowest BCUT2D eigenvalue weighted by Gasteiger charge is -2.20. The van der Waals surface area contributed by atoms with E-state index in [0.717, 1.165) is 11.3 Å². The van der Waals surface area contributed by atoms with Crippen molar-refractivity contribution in [3.05, 3.63) is 53.1 Å². The van der Waals surface area contributed by atoms with Crippen LogP contribution in [0.2, 0.25) is 5.02 Å². The molecule has 2 rings (SSSR count). The van der Waals surface area contributed by atoms with Gasteiger partial charge in [-0.25, -0.2) is 8.42 Å². The summed E-state index contributed by atoms with van der Waals surface area (Å²) in [5.74, 6) is 0.524. The summed E-state index contributed by atoms with van der Waals surface area (Å²) in [6, 6.07) is 11.9. The molecule has 0 spiro atoms. The molecule has 0 saturated carbocycles. The smallest absolute Gasteiger partial charge is 0.257 e. The van der Waals surface area contributed by atoms with Crippen LogP contribution in [0.3, 0.4) is 0 Å². The van der Waals surface area contributed by atoms with Gasteiger partial charge >= 0.3 is 0 Å². The first-order valence-corrected chi connectivity index (χ1v) is 11.5. The fraction of sp³-hybridized carbons (Fsp3) is 0.381. The minimum atomic E-state index is -3.78. The zero-order chi connectivity index (χ0) is 22.1. The van der Waals surface area contributed by atoms with Crippen LogP contribution in [0.1, 0.15) is 19.4 Å². The van der Waals surface area contributed by atoms with E-state index in [4.69, 9.17) is 21.1 Å². The molecule has 2 aromatic carbocycles. The second-order valence-corrected chi connectivity index (χ2v) is 8.76. The Kier molecular flexibility index (Phi) is 8.95. The normalized spacial score (nSPS) is 11.4. The van der Waals surface area contributed by atoms with Crippen LogP contribution < -0.4 is 14.8 Å². The molecule has 0 aliphatic heterocycles. The first kappa shape index (κ1) is 24.0. The van der Waals surface area contributed by atoms with Gasteiger partial charge in [0.15, 0.2) is 6.61 Å². The SMILES string of the molecule is CCN(CC)S(=O)(=O)c1cc(Cl)ccc1OCC(=O)NCCc1ccc(OC)cc1. The van der Waals surface area contributed by atoms with Crippen molar-refractivity contribution in [3.63, 3.8) is 0 Å². The summed E-state index contributed by atoms with van der Waals surface area (Å²) in [6.45, 7) is 4.27. The third-order valence-electron chi connectivity index (χ3n) is 4.48. The topological polar surface area (TPSA) is 84.9 Å². The van der Waals surface area contributed by atoms with Crippen molar-refractivity contribution in [1.29, 1.82) is 0 Å². The molecule has 0 aromatic heterocycles. The number of hydrogen-bond acceptors (Lipinski definition) is 5. The average molecular weight is 455 g/mol. The molecule has 0 atom stereocenters. The molecule has 0 radical (unpaired) electrons. The van der Waals surface area contributed by atoms with Crippen molar-refractivity contribution in [2.45, 2.75) is 25.2 Å². The molecule has 1 N–H and O–H groups in total. The molecule has 0 bridgehead atoms. The fourth-order valence-electron chi connectivity index (χ4n) is 2.84. The predicted octanol–water partition coefficient (Wildman–Crippen LogP) is 3.12. The minimum absolute atomic E-state index is 0.0512. The number of sulfonamides is 1. The maximum Gasteiger partial charge on any atom is 0.257 e. The Labute approximate surface area is 183 Å². The van der Waals surface area contributed by atoms with Gasteiger partial charge < -0.3 is 14.8 Å². The van der Waals surface area contributed by atoms with Gasteiger partial charge in [0.05, 0.1) is 7.11 Å². The lowest BCUT2D eigenvalue weighted by Crippen LogP contribution is -2.32. The van der Waals surface area contributed by atoms with E-state index >= 15 is 0 Å². The van der Waals surface area contributed by atoms with E-state index in [2.05, 4.69) is 5.32 Å². The molecule has 0 unspecified atom stereocenters. The maximum atomic E-state index is 12.9. The van der Waals surface area contributed by atoms with E-state index in [1.807, 2.05) is 24.3 Å². The van der Waals surface area contributed by atoms with Gasteiger partial charge in [-0.3, -0.25) is 4.79 Å². The van der Waals surface area contributed by atoms with E-state index in [9.17, 15) is 13.2 Å². The number of methoxy groups -OCH3 is 1. The summed E-state index contributed by atoms with van der Waals surface area (Å²) in [4.78, 5) is 12.1. The molecule has 0 heterocycles. The summed E-state index contributed by atoms with van der Waals surface area (Å²) in [5.41, 5.74) is 1.06. The average Bonchev–Trinajstić information content (AvgIpc) is 2.74. The molecule has 7 nitrogen and oxygen atoms in total. The van der Waals surface area contributed by atoms with E-state index in [1.165, 1.54) is 22.5 Å². The van der Waals surface area contributed by atoms with Crippen LogP contribution in [0.25, 0.3) is 0 Å². The third kappa shape index (κ3) is 6.35. The van der Waals surface area contributed by atoms with Gasteiger partial charge in [-0.2, -0.15) is 4.31 Å². The van der Waals surface area contributed by atoms with Gasteiger partial charge in [0.2, 0.25) is 10.0 Å². The highest BCUT2D eigenvalue weighted by Crippen LogP contribution is 2.29. The summed E-state index contributed by atoms with van der Waals surface area (Å²) < 4.78 is 37.7. The van der Waals surface area contributed by atoms with Crippen LogP contribution in [0.4, 0.5) is 0 Å². The van der Waals surface area contributed by atoms with Crippen molar-refractivity contribution in [2.24, 2.45) is 0 Å². The Hall–Kier alpha value is -2.29. The number of nitrogens with one attached hydrogen (secondary N) is 1. The van der Waals surface area contributed by atoms with Crippen LogP contribution in [0.5, 0.6) is 11.5 Å². The number of ether oxygens (including phenoxy) is 2. The van der Waals surface area contributed by atoms with Crippen molar-refractivity contribution in [3.8, 4) is 11.5 Å². The molecule has 164 valence electrons. The molecule has 0 aliphatic carbocycles. The lowest BCUT2D eigenvalue weighted by atomic mass is 10.1. The number of halogens is 1. The van der Waals surface area contributed by atoms with Gasteiger partial charge in [0.1, 0.15) is 16.4 Å². The highest BCUT2D eigenvalue weighted by Gasteiger charge is 2.26. The van der Waals surface area contributed by atoms with Gasteiger partial charge in [-0.1, -0.05) is 37.6 Å². The van der Waals surface area contributed by atoms with E-state index < -0.39 is 10.0 Å². The largest absolute Gasteiger partial charge is 0.497 e. The zero-order valence-electron chi connectivity index (χ0n) is 17.4. The van der Waals surface area contributed by atoms with Crippen LogP contribution in [-0.2, 0) is 21.2 Å². The van der Waals surface area contributed by atoms with Crippen molar-refractivity contribution < 1.29 is 22.7 Å². The Morgan fingerprint density at radius 2 is 1.77 bits per heavy atom. The van der Waals surface area contributed by atoms with Crippen LogP contribution in [-0.4, -0.2) is 52.0 Å². The molecule has 0 saturated heterocycles. The first-order valence-electron chi connectivity index (χ1n) is 9.64. The van der Waals surface area contributed by atoms with E-state index in [0.29, 0.717) is 26.1 Å². The summed E-state index contributed by atoms with van der Waals surface area (Å²) in [7, 11) is -2.17. The number of benzene rings is 2. The van der Waals surface area contributed by atoms with Crippen molar-refractivity contribution in [1.82, 2.24) is 9.62 Å². The fourth-order valence-corrected chi connectivity index (χ4v) is 4.69. The molecular weight excluding hydrogens is 428 g/mol. The third-order valence-corrected chi connectivity index (χ3v) is 6.79. The van der Waals surface area contributed by atoms with Gasteiger partial charge in [-0.05, 0) is 42.3 Å². The quantitative estimate of drug-likeness (QED) is 0.564. The van der Waals surface area contributed by atoms with Crippen LogP contribution >= 0.6 is 11.6 Å². The molecule has 2 aromatic rings. The first-order chi connectivity index (χ1) is 14.3. The Morgan fingerprint density at radius 3 is 2.37 bits per heavy atom. The number of rotatable bonds is 11. The number of carbonyl (C=O) groups excluding carboxylic acids is 1. The Bertz CT molecular complexity index is 944. The number of carbonyl (C=O) groups is 1. The number of nitrogens with zero attached hydrogens (tertiary/aromatic N) is 1. The summed E-state index contributed by atoms with van der Waals surface area (Å²) in [6.07, 6.45) is 0.651. The minimum Gasteiger partial charge on any atom is -0.497 e. The molecule has 0 aliphatic rings. The second-order valence-electron chi connectivity index (χ2n) is 6.42. The second kappa shape index (κ2) is 11.2. The molecule has 1 amide bonds. The molecule has 9 heteroatoms. The number of amides is 1. The van der Waals surface area contributed by atoms with E-state index in [-0.39, 0.29) is 28.2 Å². The Balaban J connectivity index is 1.97. The van der Waals surface area contributed by atoms with Gasteiger partial charge in [0, 0.05) is 24.7 Å². The van der Waals surface area contributed by atoms with Crippen molar-refractivity contribution >= 4 is 27.5 Å². The highest BCUT2D eigenvalue weighted by atomic mass is 35.5. The summed E-state index contributed by atoms with van der Waals surface area (Å²) in [5, 5.41) is 3.04.